The van der Waals surface area contributed by atoms with Crippen LogP contribution in [0.4, 0.5) is 0 Å². The molecule has 0 amide bonds. The topological polar surface area (TPSA) is 44.3 Å². The first kappa shape index (κ1) is 21.8. The number of nitrogens with zero attached hydrogens (tertiary/aromatic N) is 3. The van der Waals surface area contributed by atoms with Crippen molar-refractivity contribution < 1.29 is 0 Å². The molecule has 0 radical (unpaired) electrons. The van der Waals surface area contributed by atoms with E-state index in [0.717, 1.165) is 25.2 Å². The molecule has 0 bridgehead atoms. The number of aromatic nitrogens is 2. The first-order valence-electron chi connectivity index (χ1n) is 10.9. The third-order valence-corrected chi connectivity index (χ3v) is 5.61. The van der Waals surface area contributed by atoms with Gasteiger partial charge in [-0.1, -0.05) is 36.8 Å². The largest absolute Gasteiger partial charge is 0.374 e. The maximum atomic E-state index is 4.80. The molecule has 2 aromatic rings. The summed E-state index contributed by atoms with van der Waals surface area (Å²) in [6, 6.07) is 6.60. The van der Waals surface area contributed by atoms with Gasteiger partial charge in [0.1, 0.15) is 0 Å². The zero-order valence-corrected chi connectivity index (χ0v) is 18.9. The molecule has 30 heavy (non-hydrogen) atoms. The first-order valence-corrected chi connectivity index (χ1v) is 10.9. The summed E-state index contributed by atoms with van der Waals surface area (Å²) < 4.78 is 0. The Morgan fingerprint density at radius 2 is 2.13 bits per heavy atom. The van der Waals surface area contributed by atoms with Crippen LogP contribution in [0.15, 0.2) is 59.0 Å². The van der Waals surface area contributed by atoms with Crippen LogP contribution in [0.3, 0.4) is 0 Å². The molecule has 4 heteroatoms. The highest BCUT2D eigenvalue weighted by atomic mass is 15.2. The Kier molecular flexibility index (Phi) is 7.45. The van der Waals surface area contributed by atoms with Crippen molar-refractivity contribution in [1.29, 1.82) is 0 Å². The molecule has 1 aliphatic heterocycles. The molecule has 1 aromatic heterocycles. The predicted octanol–water partition coefficient (Wildman–Crippen LogP) is 6.36. The van der Waals surface area contributed by atoms with Crippen LogP contribution < -0.4 is 0 Å². The molecule has 0 aliphatic carbocycles. The van der Waals surface area contributed by atoms with Crippen LogP contribution in [0.25, 0.3) is 11.8 Å². The fraction of sp³-hybridized carbons (Fsp3) is 0.385. The number of aromatic amines is 1. The summed E-state index contributed by atoms with van der Waals surface area (Å²) in [4.78, 5) is 7.23. The Morgan fingerprint density at radius 1 is 1.30 bits per heavy atom. The van der Waals surface area contributed by atoms with E-state index in [4.69, 9.17) is 4.99 Å². The van der Waals surface area contributed by atoms with E-state index in [2.05, 4.69) is 86.1 Å². The van der Waals surface area contributed by atoms with Crippen LogP contribution in [0.1, 0.15) is 68.7 Å². The summed E-state index contributed by atoms with van der Waals surface area (Å²) in [6.45, 7) is 12.9. The summed E-state index contributed by atoms with van der Waals surface area (Å²) >= 11 is 0. The van der Waals surface area contributed by atoms with Gasteiger partial charge >= 0.3 is 0 Å². The monoisotopic (exact) mass is 402 g/mol. The van der Waals surface area contributed by atoms with Crippen LogP contribution >= 0.6 is 0 Å². The molecule has 0 saturated carbocycles. The lowest BCUT2D eigenvalue weighted by Gasteiger charge is -2.18. The maximum Gasteiger partial charge on any atom is 0.0662 e. The standard InChI is InChI=1S/C26H34N4/c1-6-7-26(23-9-8-22(14-19(2)3)20(4)15-23)27-12-10-21(5)30-13-11-24(18-30)25-16-28-29-17-25/h7-10,12,14-17,24H,6,11,13,18H2,1-5H3,(H,28,29)/b21-10+,26-7+,27-12-. The zero-order chi connectivity index (χ0) is 21.5. The van der Waals surface area contributed by atoms with Gasteiger partial charge in [-0.3, -0.25) is 10.1 Å². The molecule has 0 spiro atoms. The van der Waals surface area contributed by atoms with E-state index in [1.807, 2.05) is 18.6 Å². The van der Waals surface area contributed by atoms with Crippen LogP contribution in [-0.4, -0.2) is 34.4 Å². The minimum atomic E-state index is 0.557. The number of allylic oxidation sites excluding steroid dienone is 4. The lowest BCUT2D eigenvalue weighted by molar-refractivity contribution is 0.422. The summed E-state index contributed by atoms with van der Waals surface area (Å²) in [7, 11) is 0. The van der Waals surface area contributed by atoms with Gasteiger partial charge in [-0.15, -0.1) is 0 Å². The van der Waals surface area contributed by atoms with Crippen LogP contribution in [0.2, 0.25) is 0 Å². The fourth-order valence-corrected chi connectivity index (χ4v) is 3.91. The normalized spacial score (nSPS) is 17.8. The number of nitrogens with one attached hydrogen (secondary N) is 1. The second kappa shape index (κ2) is 10.2. The van der Waals surface area contributed by atoms with Crippen molar-refractivity contribution in [2.75, 3.05) is 13.1 Å². The lowest BCUT2D eigenvalue weighted by atomic mass is 10.0. The molecule has 158 valence electrons. The highest BCUT2D eigenvalue weighted by molar-refractivity contribution is 5.81. The molecule has 3 rings (SSSR count). The molecular formula is C26H34N4. The van der Waals surface area contributed by atoms with Crippen LogP contribution in [-0.2, 0) is 0 Å². The molecule has 1 unspecified atom stereocenters. The average molecular weight is 403 g/mol. The average Bonchev–Trinajstić information content (AvgIpc) is 3.40. The van der Waals surface area contributed by atoms with Gasteiger partial charge in [-0.2, -0.15) is 5.10 Å². The van der Waals surface area contributed by atoms with Gasteiger partial charge in [0.2, 0.25) is 0 Å². The molecule has 2 heterocycles. The second-order valence-corrected chi connectivity index (χ2v) is 8.34. The van der Waals surface area contributed by atoms with E-state index in [1.165, 1.54) is 39.9 Å². The Labute approximate surface area is 181 Å². The smallest absolute Gasteiger partial charge is 0.0662 e. The molecule has 1 fully saturated rings. The van der Waals surface area contributed by atoms with Crippen molar-refractivity contribution in [3.05, 3.63) is 76.3 Å². The molecule has 1 saturated heterocycles. The minimum Gasteiger partial charge on any atom is -0.374 e. The number of likely N-dealkylation sites (tertiary alicyclic amines) is 1. The molecule has 4 nitrogen and oxygen atoms in total. The Balaban J connectivity index is 1.70. The number of aliphatic imine (C=N–C) groups is 1. The van der Waals surface area contributed by atoms with E-state index >= 15 is 0 Å². The molecule has 1 N–H and O–H groups in total. The summed E-state index contributed by atoms with van der Waals surface area (Å²) in [5, 5.41) is 7.02. The van der Waals surface area contributed by atoms with Crippen molar-refractivity contribution in [2.24, 2.45) is 4.99 Å². The van der Waals surface area contributed by atoms with Gasteiger partial charge in [0.25, 0.3) is 0 Å². The van der Waals surface area contributed by atoms with Crippen molar-refractivity contribution in [3.63, 3.8) is 0 Å². The number of rotatable bonds is 7. The highest BCUT2D eigenvalue weighted by Gasteiger charge is 2.24. The molecule has 1 atom stereocenters. The minimum absolute atomic E-state index is 0.557. The van der Waals surface area contributed by atoms with Gasteiger partial charge in [0.15, 0.2) is 0 Å². The second-order valence-electron chi connectivity index (χ2n) is 8.34. The number of hydrogen-bond acceptors (Lipinski definition) is 3. The van der Waals surface area contributed by atoms with E-state index in [1.54, 1.807) is 0 Å². The van der Waals surface area contributed by atoms with Gasteiger partial charge in [-0.05, 0) is 69.4 Å². The SMILES string of the molecule is CC/C=C(/N=C\C=C(/C)N1CCC(c2cn[nH]c2)C1)c1ccc(C=C(C)C)c(C)c1. The number of hydrogen-bond donors (Lipinski definition) is 1. The van der Waals surface area contributed by atoms with Crippen molar-refractivity contribution >= 4 is 18.0 Å². The van der Waals surface area contributed by atoms with Crippen molar-refractivity contribution in [1.82, 2.24) is 15.1 Å². The number of H-pyrrole nitrogens is 1. The van der Waals surface area contributed by atoms with E-state index in [-0.39, 0.29) is 0 Å². The van der Waals surface area contributed by atoms with Crippen LogP contribution in [0, 0.1) is 6.92 Å². The van der Waals surface area contributed by atoms with Crippen molar-refractivity contribution in [2.45, 2.75) is 53.4 Å². The van der Waals surface area contributed by atoms with E-state index < -0.39 is 0 Å². The molecule has 1 aromatic carbocycles. The van der Waals surface area contributed by atoms with Gasteiger partial charge in [-0.25, -0.2) is 0 Å². The Bertz CT molecular complexity index is 957. The number of aryl methyl sites for hydroxylation is 1. The summed E-state index contributed by atoms with van der Waals surface area (Å²) in [6.07, 6.45) is 14.6. The summed E-state index contributed by atoms with van der Waals surface area (Å²) in [5.74, 6) is 0.557. The van der Waals surface area contributed by atoms with Gasteiger partial charge < -0.3 is 4.90 Å². The first-order chi connectivity index (χ1) is 14.5. The molecular weight excluding hydrogens is 368 g/mol. The summed E-state index contributed by atoms with van der Waals surface area (Å²) in [5.41, 5.74) is 8.63. The third-order valence-electron chi connectivity index (χ3n) is 5.61. The van der Waals surface area contributed by atoms with Gasteiger partial charge in [0.05, 0.1) is 11.9 Å². The third kappa shape index (κ3) is 5.59. The van der Waals surface area contributed by atoms with E-state index in [0.29, 0.717) is 5.92 Å². The zero-order valence-electron chi connectivity index (χ0n) is 18.9. The van der Waals surface area contributed by atoms with E-state index in [9.17, 15) is 0 Å². The quantitative estimate of drug-likeness (QED) is 0.548. The van der Waals surface area contributed by atoms with Crippen LogP contribution in [0.5, 0.6) is 0 Å². The van der Waals surface area contributed by atoms with Crippen molar-refractivity contribution in [3.8, 4) is 0 Å². The predicted molar refractivity (Wildman–Crippen MR) is 129 cm³/mol. The number of benzene rings is 1. The van der Waals surface area contributed by atoms with Gasteiger partial charge in [0, 0.05) is 42.7 Å². The Morgan fingerprint density at radius 3 is 2.80 bits per heavy atom. The fourth-order valence-electron chi connectivity index (χ4n) is 3.91. The molecule has 1 aliphatic rings. The Hall–Kier alpha value is -2.88. The highest BCUT2D eigenvalue weighted by Crippen LogP contribution is 2.28. The maximum absolute atomic E-state index is 4.80. The lowest BCUT2D eigenvalue weighted by Crippen LogP contribution is -2.18.